The average Bonchev–Trinajstić information content (AvgIpc) is 3.38. The number of ether oxygens (including phenoxy) is 1. The molecule has 0 aromatic carbocycles. The zero-order valence-electron chi connectivity index (χ0n) is 31.5. The number of pyridine rings is 3. The fourth-order valence-corrected chi connectivity index (χ4v) is 8.15. The van der Waals surface area contributed by atoms with Crippen molar-refractivity contribution in [2.45, 2.75) is 109 Å². The highest BCUT2D eigenvalue weighted by Crippen LogP contribution is 2.41. The zero-order chi connectivity index (χ0) is 37.6. The van der Waals surface area contributed by atoms with Crippen LogP contribution in [0.5, 0.6) is 0 Å². The topological polar surface area (TPSA) is 147 Å². The molecule has 3 aromatic heterocycles. The van der Waals surface area contributed by atoms with Gasteiger partial charge in [0.25, 0.3) is 15.9 Å². The van der Waals surface area contributed by atoms with E-state index in [0.29, 0.717) is 44.1 Å². The van der Waals surface area contributed by atoms with E-state index in [1.165, 1.54) is 6.07 Å². The number of rotatable bonds is 2. The first kappa shape index (κ1) is 37.2. The molecule has 1 fully saturated rings. The van der Waals surface area contributed by atoms with Crippen LogP contribution in [0, 0.1) is 5.92 Å². The van der Waals surface area contributed by atoms with Crippen LogP contribution >= 0.6 is 0 Å². The molecule has 13 heteroatoms. The fourth-order valence-electron chi connectivity index (χ4n) is 7.21. The second kappa shape index (κ2) is 13.8. The van der Waals surface area contributed by atoms with Crippen molar-refractivity contribution in [3.05, 3.63) is 77.3 Å². The average molecular weight is 730 g/mol. The van der Waals surface area contributed by atoms with Crippen molar-refractivity contribution < 1.29 is 22.7 Å². The van der Waals surface area contributed by atoms with Gasteiger partial charge in [-0.05, 0) is 114 Å². The Morgan fingerprint density at radius 1 is 1.02 bits per heavy atom. The molecule has 6 heterocycles. The number of fused-ring (bicyclic) bond motifs is 6. The normalized spacial score (nSPS) is 21.8. The second-order valence-corrected chi connectivity index (χ2v) is 18.4. The summed E-state index contributed by atoms with van der Waals surface area (Å²) in [5.74, 6) is 0.366. The lowest BCUT2D eigenvalue weighted by molar-refractivity contribution is 0.0270. The number of nitrogens with one attached hydrogen (secondary N) is 2. The molecule has 2 atom stereocenters. The number of sulfonamides is 1. The van der Waals surface area contributed by atoms with E-state index in [-0.39, 0.29) is 39.6 Å². The summed E-state index contributed by atoms with van der Waals surface area (Å²) >= 11 is 0. The summed E-state index contributed by atoms with van der Waals surface area (Å²) < 4.78 is 35.1. The lowest BCUT2D eigenvalue weighted by Crippen LogP contribution is -2.41. The number of carbonyl (C=O) groups excluding carboxylic acids is 2. The van der Waals surface area contributed by atoms with Gasteiger partial charge in [-0.25, -0.2) is 19.5 Å². The number of hydrogen-bond donors (Lipinski definition) is 2. The Hall–Kier alpha value is -4.52. The van der Waals surface area contributed by atoms with Gasteiger partial charge in [-0.2, -0.15) is 8.42 Å². The molecule has 2 amide bonds. The number of carbonyl (C=O) groups is 2. The molecule has 12 nitrogen and oxygen atoms in total. The molecular formula is C39H51N7O5S. The summed E-state index contributed by atoms with van der Waals surface area (Å²) in [6.45, 7) is 17.7. The Bertz CT molecular complexity index is 2000. The Labute approximate surface area is 307 Å². The van der Waals surface area contributed by atoms with Crippen molar-refractivity contribution >= 4 is 39.2 Å². The van der Waals surface area contributed by atoms with Gasteiger partial charge in [0.2, 0.25) is 0 Å². The van der Waals surface area contributed by atoms with Crippen LogP contribution in [0.15, 0.2) is 59.8 Å². The Morgan fingerprint density at radius 3 is 2.48 bits per heavy atom. The molecule has 1 saturated heterocycles. The number of hydrogen-bond acceptors (Lipinski definition) is 10. The van der Waals surface area contributed by atoms with E-state index in [9.17, 15) is 18.0 Å². The maximum atomic E-state index is 13.8. The van der Waals surface area contributed by atoms with Gasteiger partial charge in [0.1, 0.15) is 17.2 Å². The van der Waals surface area contributed by atoms with Crippen molar-refractivity contribution in [2.24, 2.45) is 5.92 Å². The maximum Gasteiger partial charge on any atom is 0.410 e. The summed E-state index contributed by atoms with van der Waals surface area (Å²) in [4.78, 5) is 44.6. The van der Waals surface area contributed by atoms with Gasteiger partial charge in [0, 0.05) is 42.5 Å². The smallest absolute Gasteiger partial charge is 0.410 e. The predicted octanol–water partition coefficient (Wildman–Crippen LogP) is 6.86. The third-order valence-electron chi connectivity index (χ3n) is 9.88. The molecule has 3 aliphatic rings. The summed E-state index contributed by atoms with van der Waals surface area (Å²) in [5.41, 5.74) is 2.78. The van der Waals surface area contributed by atoms with Gasteiger partial charge in [0.15, 0.2) is 5.03 Å². The molecular weight excluding hydrogens is 679 g/mol. The third-order valence-corrected chi connectivity index (χ3v) is 11.1. The minimum absolute atomic E-state index is 0.208. The van der Waals surface area contributed by atoms with E-state index in [0.717, 1.165) is 35.4 Å². The second-order valence-electron chi connectivity index (χ2n) is 16.8. The van der Waals surface area contributed by atoms with Gasteiger partial charge in [-0.15, -0.1) is 0 Å². The van der Waals surface area contributed by atoms with Gasteiger partial charge >= 0.3 is 6.09 Å². The molecule has 0 spiro atoms. The van der Waals surface area contributed by atoms with Crippen molar-refractivity contribution in [3.8, 4) is 0 Å². The van der Waals surface area contributed by atoms with Crippen molar-refractivity contribution in [1.82, 2.24) is 24.6 Å². The molecule has 3 aromatic rings. The molecule has 2 N–H and O–H groups in total. The minimum Gasteiger partial charge on any atom is -0.444 e. The van der Waals surface area contributed by atoms with Crippen molar-refractivity contribution in [2.75, 3.05) is 29.9 Å². The molecule has 1 unspecified atom stereocenters. The monoisotopic (exact) mass is 729 g/mol. The molecule has 4 bridgehead atoms. The van der Waals surface area contributed by atoms with Gasteiger partial charge in [-0.3, -0.25) is 9.78 Å². The van der Waals surface area contributed by atoms with E-state index < -0.39 is 21.5 Å². The number of anilines is 2. The number of amides is 2. The summed E-state index contributed by atoms with van der Waals surface area (Å²) in [5, 5.41) is 3.21. The van der Waals surface area contributed by atoms with Crippen molar-refractivity contribution in [3.63, 3.8) is 0 Å². The SMILES string of the molecule is CC(C)(C)OC(=O)N1CC=C(c2ccnc(C3CC[C@@H]4CN(c5nc(C(C)(C)C)ccc5C(=O)NS(=O)(=O)c5cccc(n5)N3)C(C)(C)C4)c2)CC1. The standard InChI is InChI=1S/C39H51N7O5S/c1-37(2,3)31-15-13-28-34(42-31)46-24-25(23-39(46,7)8)12-14-29(41-32-10-9-11-33(43-32)52(49,50)44-35(28)47)30-22-27(16-19-40-30)26-17-20-45(21-18-26)36(48)51-38(4,5)6/h9-11,13,15-17,19,22,25,29H,12,14,18,20-21,23-24H2,1-8H3,(H,41,43)(H,44,47)/t25-,29?/m0/s1. The molecule has 3 aliphatic heterocycles. The predicted molar refractivity (Wildman–Crippen MR) is 202 cm³/mol. The first-order chi connectivity index (χ1) is 24.3. The third kappa shape index (κ3) is 8.24. The highest BCUT2D eigenvalue weighted by atomic mass is 32.2. The lowest BCUT2D eigenvalue weighted by atomic mass is 9.90. The van der Waals surface area contributed by atoms with Crippen LogP contribution in [0.3, 0.4) is 0 Å². The Kier molecular flexibility index (Phi) is 9.88. The Morgan fingerprint density at radius 2 is 1.79 bits per heavy atom. The van der Waals surface area contributed by atoms with E-state index in [2.05, 4.69) is 66.7 Å². The highest BCUT2D eigenvalue weighted by molar-refractivity contribution is 7.90. The van der Waals surface area contributed by atoms with E-state index in [1.807, 2.05) is 26.8 Å². The highest BCUT2D eigenvalue weighted by Gasteiger charge is 2.41. The first-order valence-corrected chi connectivity index (χ1v) is 19.5. The van der Waals surface area contributed by atoms with E-state index >= 15 is 0 Å². The van der Waals surface area contributed by atoms with Gasteiger partial charge in [0.05, 0.1) is 17.3 Å². The Balaban J connectivity index is 1.34. The van der Waals surface area contributed by atoms with Gasteiger partial charge in [-0.1, -0.05) is 32.9 Å². The summed E-state index contributed by atoms with van der Waals surface area (Å²) in [7, 11) is -4.33. The molecule has 278 valence electrons. The molecule has 0 saturated carbocycles. The lowest BCUT2D eigenvalue weighted by Gasteiger charge is -2.34. The number of aromatic nitrogens is 3. The molecule has 6 rings (SSSR count). The molecule has 0 aliphatic carbocycles. The molecule has 52 heavy (non-hydrogen) atoms. The fraction of sp³-hybridized carbons (Fsp3) is 0.513. The van der Waals surface area contributed by atoms with Crippen LogP contribution in [0.25, 0.3) is 5.57 Å². The van der Waals surface area contributed by atoms with Gasteiger partial charge < -0.3 is 19.9 Å². The van der Waals surface area contributed by atoms with E-state index in [4.69, 9.17) is 14.7 Å². The van der Waals surface area contributed by atoms with Crippen LogP contribution in [-0.2, 0) is 20.2 Å². The largest absolute Gasteiger partial charge is 0.444 e. The summed E-state index contributed by atoms with van der Waals surface area (Å²) in [6.07, 6.45) is 6.62. The quantitative estimate of drug-likeness (QED) is 0.287. The zero-order valence-corrected chi connectivity index (χ0v) is 32.3. The van der Waals surface area contributed by atoms with Crippen LogP contribution < -0.4 is 14.9 Å². The summed E-state index contributed by atoms with van der Waals surface area (Å²) in [6, 6.07) is 12.0. The molecule has 0 radical (unpaired) electrons. The minimum atomic E-state index is -4.33. The first-order valence-electron chi connectivity index (χ1n) is 18.0. The van der Waals surface area contributed by atoms with E-state index in [1.54, 1.807) is 35.4 Å². The maximum absolute atomic E-state index is 13.8. The van der Waals surface area contributed by atoms with Crippen molar-refractivity contribution in [1.29, 1.82) is 0 Å². The van der Waals surface area contributed by atoms with Crippen LogP contribution in [0.4, 0.5) is 16.4 Å². The van der Waals surface area contributed by atoms with Crippen LogP contribution in [-0.4, -0.2) is 71.0 Å². The number of nitrogens with zero attached hydrogens (tertiary/aromatic N) is 5. The van der Waals surface area contributed by atoms with Crippen LogP contribution in [0.2, 0.25) is 0 Å². The van der Waals surface area contributed by atoms with Crippen LogP contribution in [0.1, 0.15) is 114 Å².